The Morgan fingerprint density at radius 1 is 1.24 bits per heavy atom. The van der Waals surface area contributed by atoms with Crippen molar-refractivity contribution in [1.82, 2.24) is 10.3 Å². The van der Waals surface area contributed by atoms with Crippen LogP contribution in [0.15, 0.2) is 34.7 Å². The first-order valence-electron chi connectivity index (χ1n) is 8.81. The molecule has 3 aromatic rings. The lowest BCUT2D eigenvalue weighted by Gasteiger charge is -2.11. The van der Waals surface area contributed by atoms with Gasteiger partial charge in [-0.05, 0) is 50.1 Å². The minimum atomic E-state index is -2.94. The predicted molar refractivity (Wildman–Crippen MR) is 105 cm³/mol. The Balaban J connectivity index is 1.62. The molecule has 0 aliphatic carbocycles. The highest BCUT2D eigenvalue weighted by Gasteiger charge is 2.18. The van der Waals surface area contributed by atoms with Crippen molar-refractivity contribution < 1.29 is 27.5 Å². The van der Waals surface area contributed by atoms with Crippen LogP contribution in [0.3, 0.4) is 0 Å². The molecule has 29 heavy (non-hydrogen) atoms. The van der Waals surface area contributed by atoms with E-state index in [1.165, 1.54) is 24.5 Å². The molecule has 6 nitrogen and oxygen atoms in total. The number of aromatic nitrogens is 1. The number of amides is 1. The summed E-state index contributed by atoms with van der Waals surface area (Å²) in [6.07, 6.45) is 0.442. The minimum Gasteiger partial charge on any atom is -0.493 e. The van der Waals surface area contributed by atoms with E-state index in [0.29, 0.717) is 34.3 Å². The van der Waals surface area contributed by atoms with Crippen molar-refractivity contribution in [2.75, 3.05) is 13.7 Å². The zero-order chi connectivity index (χ0) is 21.0. The lowest BCUT2D eigenvalue weighted by atomic mass is 10.1. The van der Waals surface area contributed by atoms with Crippen LogP contribution in [-0.2, 0) is 6.42 Å². The third-order valence-corrected chi connectivity index (χ3v) is 5.27. The molecule has 0 radical (unpaired) electrons. The van der Waals surface area contributed by atoms with Gasteiger partial charge in [0.2, 0.25) is 0 Å². The van der Waals surface area contributed by atoms with Crippen LogP contribution in [0.4, 0.5) is 8.78 Å². The summed E-state index contributed by atoms with van der Waals surface area (Å²) in [7, 11) is 1.38. The van der Waals surface area contributed by atoms with Crippen LogP contribution < -0.4 is 14.8 Å². The molecule has 9 heteroatoms. The van der Waals surface area contributed by atoms with Crippen LogP contribution in [0.1, 0.15) is 26.7 Å². The molecule has 0 fully saturated rings. The zero-order valence-electron chi connectivity index (χ0n) is 16.1. The van der Waals surface area contributed by atoms with Crippen molar-refractivity contribution >= 4 is 17.2 Å². The van der Waals surface area contributed by atoms with E-state index in [2.05, 4.69) is 15.0 Å². The second-order valence-electron chi connectivity index (χ2n) is 6.21. The van der Waals surface area contributed by atoms with Gasteiger partial charge < -0.3 is 19.2 Å². The minimum absolute atomic E-state index is 0.0389. The Morgan fingerprint density at radius 2 is 2.03 bits per heavy atom. The number of rotatable bonds is 8. The maximum atomic E-state index is 12.5. The molecule has 0 saturated carbocycles. The number of methoxy groups -OCH3 is 1. The fraction of sp³-hybridized carbons (Fsp3) is 0.300. The number of aryl methyl sites for hydroxylation is 2. The van der Waals surface area contributed by atoms with Crippen LogP contribution in [0.5, 0.6) is 11.5 Å². The summed E-state index contributed by atoms with van der Waals surface area (Å²) < 4.78 is 40.1. The molecule has 0 bridgehead atoms. The first kappa shape index (κ1) is 20.8. The van der Waals surface area contributed by atoms with E-state index in [0.717, 1.165) is 11.3 Å². The fourth-order valence-electron chi connectivity index (χ4n) is 2.73. The van der Waals surface area contributed by atoms with Gasteiger partial charge in [-0.1, -0.05) is 6.07 Å². The first-order chi connectivity index (χ1) is 13.9. The topological polar surface area (TPSA) is 73.6 Å². The van der Waals surface area contributed by atoms with Gasteiger partial charge in [-0.15, -0.1) is 11.3 Å². The molecule has 0 saturated heterocycles. The maximum absolute atomic E-state index is 12.5. The van der Waals surface area contributed by atoms with E-state index in [9.17, 15) is 13.6 Å². The molecule has 0 unspecified atom stereocenters. The molecule has 154 valence electrons. The number of halogens is 2. The SMILES string of the molecule is COc1ccc(CCNC(=O)c2sc(-c3ccc(C)o3)nc2C)cc1OC(F)F. The van der Waals surface area contributed by atoms with Crippen molar-refractivity contribution in [1.29, 1.82) is 0 Å². The average Bonchev–Trinajstić information content (AvgIpc) is 3.27. The lowest BCUT2D eigenvalue weighted by Crippen LogP contribution is -2.25. The van der Waals surface area contributed by atoms with E-state index >= 15 is 0 Å². The van der Waals surface area contributed by atoms with Gasteiger partial charge in [0.05, 0.1) is 12.8 Å². The summed E-state index contributed by atoms with van der Waals surface area (Å²) in [5, 5.41) is 3.47. The van der Waals surface area contributed by atoms with E-state index in [4.69, 9.17) is 9.15 Å². The number of nitrogens with zero attached hydrogens (tertiary/aromatic N) is 1. The van der Waals surface area contributed by atoms with Crippen LogP contribution in [-0.4, -0.2) is 31.2 Å². The molecule has 1 aromatic carbocycles. The van der Waals surface area contributed by atoms with E-state index in [1.54, 1.807) is 19.1 Å². The first-order valence-corrected chi connectivity index (χ1v) is 9.63. The highest BCUT2D eigenvalue weighted by molar-refractivity contribution is 7.17. The summed E-state index contributed by atoms with van der Waals surface area (Å²) in [5.74, 6) is 1.34. The van der Waals surface area contributed by atoms with Gasteiger partial charge in [-0.3, -0.25) is 4.79 Å². The maximum Gasteiger partial charge on any atom is 0.387 e. The molecule has 0 aliphatic heterocycles. The van der Waals surface area contributed by atoms with E-state index in [1.807, 2.05) is 19.1 Å². The number of ether oxygens (including phenoxy) is 2. The number of nitrogens with one attached hydrogen (secondary N) is 1. The number of alkyl halides is 2. The number of hydrogen-bond acceptors (Lipinski definition) is 6. The van der Waals surface area contributed by atoms with Gasteiger partial charge in [0.25, 0.3) is 5.91 Å². The number of carbonyl (C=O) groups excluding carboxylic acids is 1. The molecule has 0 spiro atoms. The van der Waals surface area contributed by atoms with Crippen LogP contribution in [0.2, 0.25) is 0 Å². The van der Waals surface area contributed by atoms with Gasteiger partial charge in [-0.25, -0.2) is 4.98 Å². The summed E-state index contributed by atoms with van der Waals surface area (Å²) in [4.78, 5) is 17.4. The fourth-order valence-corrected chi connectivity index (χ4v) is 3.67. The second-order valence-corrected chi connectivity index (χ2v) is 7.21. The molecular weight excluding hydrogens is 402 g/mol. The predicted octanol–water partition coefficient (Wildman–Crippen LogP) is 4.60. The Kier molecular flexibility index (Phi) is 6.48. The third kappa shape index (κ3) is 5.11. The number of carbonyl (C=O) groups is 1. The Bertz CT molecular complexity index is 1000. The van der Waals surface area contributed by atoms with E-state index in [-0.39, 0.29) is 17.4 Å². The third-order valence-electron chi connectivity index (χ3n) is 4.10. The van der Waals surface area contributed by atoms with Gasteiger partial charge in [0.15, 0.2) is 22.3 Å². The highest BCUT2D eigenvalue weighted by atomic mass is 32.1. The molecule has 1 amide bonds. The molecule has 0 atom stereocenters. The van der Waals surface area contributed by atoms with Crippen molar-refractivity contribution in [3.05, 3.63) is 52.2 Å². The zero-order valence-corrected chi connectivity index (χ0v) is 16.9. The van der Waals surface area contributed by atoms with E-state index < -0.39 is 6.61 Å². The number of thiazole rings is 1. The molecule has 2 heterocycles. The molecule has 1 N–H and O–H groups in total. The summed E-state index contributed by atoms with van der Waals surface area (Å²) in [6.45, 7) is 0.989. The second kappa shape index (κ2) is 9.04. The summed E-state index contributed by atoms with van der Waals surface area (Å²) >= 11 is 1.26. The van der Waals surface area contributed by atoms with Crippen molar-refractivity contribution in [3.8, 4) is 22.3 Å². The number of benzene rings is 1. The monoisotopic (exact) mass is 422 g/mol. The van der Waals surface area contributed by atoms with Crippen molar-refractivity contribution in [2.24, 2.45) is 0 Å². The Morgan fingerprint density at radius 3 is 2.69 bits per heavy atom. The van der Waals surface area contributed by atoms with Crippen molar-refractivity contribution in [3.63, 3.8) is 0 Å². The van der Waals surface area contributed by atoms with Gasteiger partial charge in [0.1, 0.15) is 10.6 Å². The van der Waals surface area contributed by atoms with Crippen LogP contribution in [0.25, 0.3) is 10.8 Å². The van der Waals surface area contributed by atoms with Crippen molar-refractivity contribution in [2.45, 2.75) is 26.9 Å². The summed E-state index contributed by atoms with van der Waals surface area (Å²) in [6, 6.07) is 8.43. The molecule has 2 aromatic heterocycles. The molecule has 0 aliphatic rings. The lowest BCUT2D eigenvalue weighted by molar-refractivity contribution is -0.0512. The Hall–Kier alpha value is -2.94. The largest absolute Gasteiger partial charge is 0.493 e. The quantitative estimate of drug-likeness (QED) is 0.574. The standard InChI is InChI=1S/C20H20F2N2O4S/c1-11-4-6-15(27-11)19-24-12(2)17(29-19)18(25)23-9-8-13-5-7-14(26-3)16(10-13)28-20(21)22/h4-7,10,20H,8-9H2,1-3H3,(H,23,25). The normalized spacial score (nSPS) is 11.0. The smallest absolute Gasteiger partial charge is 0.387 e. The van der Waals surface area contributed by atoms with Gasteiger partial charge >= 0.3 is 6.61 Å². The summed E-state index contributed by atoms with van der Waals surface area (Å²) in [5.41, 5.74) is 1.35. The Labute approximate surface area is 170 Å². The van der Waals surface area contributed by atoms with Gasteiger partial charge in [-0.2, -0.15) is 8.78 Å². The highest BCUT2D eigenvalue weighted by Crippen LogP contribution is 2.30. The molecule has 3 rings (SSSR count). The molecular formula is C20H20F2N2O4S. The average molecular weight is 422 g/mol. The number of hydrogen-bond donors (Lipinski definition) is 1. The number of furan rings is 1. The van der Waals surface area contributed by atoms with Gasteiger partial charge in [0, 0.05) is 6.54 Å². The van der Waals surface area contributed by atoms with Crippen LogP contribution in [0, 0.1) is 13.8 Å². The van der Waals surface area contributed by atoms with Crippen LogP contribution >= 0.6 is 11.3 Å².